The van der Waals surface area contributed by atoms with E-state index in [1.807, 2.05) is 12.1 Å². The summed E-state index contributed by atoms with van der Waals surface area (Å²) in [4.78, 5) is 12.5. The van der Waals surface area contributed by atoms with Crippen LogP contribution in [0.5, 0.6) is 0 Å². The topological polar surface area (TPSA) is 50.1 Å². The molecule has 2 saturated carbocycles. The Labute approximate surface area is 165 Å². The summed E-state index contributed by atoms with van der Waals surface area (Å²) in [5.74, 6) is 1.83. The van der Waals surface area contributed by atoms with Crippen LogP contribution in [0.2, 0.25) is 0 Å². The van der Waals surface area contributed by atoms with Crippen molar-refractivity contribution < 1.29 is 9.53 Å². The minimum absolute atomic E-state index is 0.0830. The van der Waals surface area contributed by atoms with E-state index in [-0.39, 0.29) is 18.0 Å². The van der Waals surface area contributed by atoms with E-state index >= 15 is 0 Å². The molecule has 0 N–H and O–H groups in total. The lowest BCUT2D eigenvalue weighted by atomic mass is 9.79. The number of ether oxygens (including phenoxy) is 1. The number of esters is 1. The molecule has 3 heteroatoms. The molecule has 3 nitrogen and oxygen atoms in total. The van der Waals surface area contributed by atoms with Crippen LogP contribution in [0, 0.1) is 29.1 Å². The average Bonchev–Trinajstić information content (AvgIpc) is 2.70. The lowest BCUT2D eigenvalue weighted by molar-refractivity contribution is -0.157. The Bertz CT molecular complexity index is 515. The van der Waals surface area contributed by atoms with Crippen molar-refractivity contribution in [1.29, 1.82) is 5.26 Å². The Kier molecular flexibility index (Phi) is 10.3. The van der Waals surface area contributed by atoms with Gasteiger partial charge in [0.2, 0.25) is 0 Å². The molecule has 0 aliphatic heterocycles. The first-order valence-electron chi connectivity index (χ1n) is 11.1. The summed E-state index contributed by atoms with van der Waals surface area (Å²) in [6.45, 7) is 2.25. The molecule has 2 rings (SSSR count). The van der Waals surface area contributed by atoms with Gasteiger partial charge in [0.05, 0.1) is 12.0 Å². The van der Waals surface area contributed by atoms with Crippen LogP contribution in [0.25, 0.3) is 0 Å². The highest BCUT2D eigenvalue weighted by Crippen LogP contribution is 2.34. The van der Waals surface area contributed by atoms with Crippen LogP contribution in [0.15, 0.2) is 24.3 Å². The summed E-state index contributed by atoms with van der Waals surface area (Å²) in [5, 5.41) is 8.43. The molecule has 0 amide bonds. The zero-order valence-electron chi connectivity index (χ0n) is 17.1. The Hall–Kier alpha value is -1.56. The summed E-state index contributed by atoms with van der Waals surface area (Å²) < 4.78 is 5.87. The predicted molar refractivity (Wildman–Crippen MR) is 110 cm³/mol. The molecule has 150 valence electrons. The van der Waals surface area contributed by atoms with Gasteiger partial charge < -0.3 is 4.74 Å². The highest BCUT2D eigenvalue weighted by molar-refractivity contribution is 5.72. The predicted octanol–water partition coefficient (Wildman–Crippen LogP) is 6.50. The summed E-state index contributed by atoms with van der Waals surface area (Å²) >= 11 is 0. The molecule has 0 aromatic rings. The quantitative estimate of drug-likeness (QED) is 0.264. The molecule has 0 aromatic carbocycles. The van der Waals surface area contributed by atoms with Gasteiger partial charge in [0.15, 0.2) is 0 Å². The van der Waals surface area contributed by atoms with Crippen molar-refractivity contribution in [2.45, 2.75) is 96.5 Å². The van der Waals surface area contributed by atoms with E-state index in [4.69, 9.17) is 10.00 Å². The third kappa shape index (κ3) is 8.33. The first-order chi connectivity index (χ1) is 13.2. The summed E-state index contributed by atoms with van der Waals surface area (Å²) in [6, 6.07) is 1.99. The van der Waals surface area contributed by atoms with Crippen molar-refractivity contribution in [1.82, 2.24) is 0 Å². The molecular formula is C24H37NO2. The van der Waals surface area contributed by atoms with E-state index in [0.29, 0.717) is 0 Å². The van der Waals surface area contributed by atoms with Gasteiger partial charge in [-0.3, -0.25) is 4.79 Å². The van der Waals surface area contributed by atoms with Crippen molar-refractivity contribution in [3.05, 3.63) is 24.3 Å². The number of nitriles is 1. The van der Waals surface area contributed by atoms with Crippen molar-refractivity contribution in [2.75, 3.05) is 0 Å². The molecule has 2 aliphatic carbocycles. The number of allylic oxidation sites excluding steroid dienone is 4. The van der Waals surface area contributed by atoms with Crippen LogP contribution in [-0.4, -0.2) is 12.1 Å². The van der Waals surface area contributed by atoms with Crippen molar-refractivity contribution in [2.24, 2.45) is 17.8 Å². The molecule has 0 spiro atoms. The van der Waals surface area contributed by atoms with Gasteiger partial charge in [-0.25, -0.2) is 0 Å². The van der Waals surface area contributed by atoms with Gasteiger partial charge in [-0.2, -0.15) is 5.26 Å². The molecule has 0 bridgehead atoms. The lowest BCUT2D eigenvalue weighted by Crippen LogP contribution is -2.30. The van der Waals surface area contributed by atoms with Crippen molar-refractivity contribution in [3.8, 4) is 6.07 Å². The smallest absolute Gasteiger partial charge is 0.309 e. The SMILES string of the molecule is CCCC[C@H]1CC[C@H](C(=O)O[C@H]2CC[C@H](CCC=CC=CC#N)CC2)CC1. The highest BCUT2D eigenvalue weighted by Gasteiger charge is 2.30. The monoisotopic (exact) mass is 371 g/mol. The third-order valence-electron chi connectivity index (χ3n) is 6.38. The fourth-order valence-electron chi connectivity index (χ4n) is 4.58. The maximum absolute atomic E-state index is 12.5. The van der Waals surface area contributed by atoms with Crippen LogP contribution >= 0.6 is 0 Å². The van der Waals surface area contributed by atoms with Gasteiger partial charge in [0, 0.05) is 6.08 Å². The Morgan fingerprint density at radius 2 is 1.67 bits per heavy atom. The number of carbonyl (C=O) groups excluding carboxylic acids is 1. The van der Waals surface area contributed by atoms with Crippen LogP contribution in [-0.2, 0) is 9.53 Å². The first-order valence-corrected chi connectivity index (χ1v) is 11.1. The number of hydrogen-bond acceptors (Lipinski definition) is 3. The molecule has 0 saturated heterocycles. The minimum atomic E-state index is 0.0830. The third-order valence-corrected chi connectivity index (χ3v) is 6.38. The molecule has 0 atom stereocenters. The fraction of sp³-hybridized carbons (Fsp3) is 0.750. The van der Waals surface area contributed by atoms with Crippen LogP contribution in [0.1, 0.15) is 90.4 Å². The van der Waals surface area contributed by atoms with E-state index < -0.39 is 0 Å². The largest absolute Gasteiger partial charge is 0.462 e. The van der Waals surface area contributed by atoms with Gasteiger partial charge in [-0.15, -0.1) is 0 Å². The van der Waals surface area contributed by atoms with Crippen molar-refractivity contribution in [3.63, 3.8) is 0 Å². The van der Waals surface area contributed by atoms with Gasteiger partial charge in [0.1, 0.15) is 6.10 Å². The molecular weight excluding hydrogens is 334 g/mol. The summed E-state index contributed by atoms with van der Waals surface area (Å²) in [6.07, 6.45) is 22.6. The number of hydrogen-bond donors (Lipinski definition) is 0. The van der Waals surface area contributed by atoms with Gasteiger partial charge >= 0.3 is 5.97 Å². The van der Waals surface area contributed by atoms with E-state index in [1.54, 1.807) is 6.08 Å². The molecule has 2 aliphatic rings. The molecule has 0 aromatic heterocycles. The van der Waals surface area contributed by atoms with Crippen LogP contribution < -0.4 is 0 Å². The standard InChI is InChI=1S/C24H37NO2/c1-2-3-9-20-11-15-22(16-12-20)24(26)27-23-17-13-21(14-18-23)10-7-5-4-6-8-19-25/h4-6,8,20-23H,2-3,7,9-18H2,1H3/t20-,21-,22-,23-. The normalized spacial score (nSPS) is 29.0. The van der Waals surface area contributed by atoms with Crippen LogP contribution in [0.4, 0.5) is 0 Å². The average molecular weight is 372 g/mol. The molecule has 0 radical (unpaired) electrons. The van der Waals surface area contributed by atoms with E-state index in [0.717, 1.165) is 43.9 Å². The van der Waals surface area contributed by atoms with E-state index in [1.165, 1.54) is 57.4 Å². The number of unbranched alkanes of at least 4 members (excludes halogenated alkanes) is 1. The molecule has 0 heterocycles. The van der Waals surface area contributed by atoms with E-state index in [2.05, 4.69) is 13.0 Å². The van der Waals surface area contributed by atoms with E-state index in [9.17, 15) is 4.79 Å². The summed E-state index contributed by atoms with van der Waals surface area (Å²) in [7, 11) is 0. The number of carbonyl (C=O) groups is 1. The van der Waals surface area contributed by atoms with Gasteiger partial charge in [-0.05, 0) is 76.0 Å². The number of rotatable bonds is 9. The second-order valence-corrected chi connectivity index (χ2v) is 8.43. The Morgan fingerprint density at radius 3 is 2.33 bits per heavy atom. The first kappa shape index (κ1) is 21.7. The highest BCUT2D eigenvalue weighted by atomic mass is 16.5. The maximum atomic E-state index is 12.5. The molecule has 2 fully saturated rings. The Balaban J connectivity index is 1.59. The molecule has 27 heavy (non-hydrogen) atoms. The Morgan fingerprint density at radius 1 is 1.00 bits per heavy atom. The second kappa shape index (κ2) is 12.8. The number of nitrogens with zero attached hydrogens (tertiary/aromatic N) is 1. The summed E-state index contributed by atoms with van der Waals surface area (Å²) in [5.41, 5.74) is 0. The lowest BCUT2D eigenvalue weighted by Gasteiger charge is -2.31. The van der Waals surface area contributed by atoms with Gasteiger partial charge in [0.25, 0.3) is 0 Å². The minimum Gasteiger partial charge on any atom is -0.462 e. The zero-order chi connectivity index (χ0) is 19.3. The fourth-order valence-corrected chi connectivity index (χ4v) is 4.58. The second-order valence-electron chi connectivity index (χ2n) is 8.43. The maximum Gasteiger partial charge on any atom is 0.309 e. The molecule has 0 unspecified atom stereocenters. The van der Waals surface area contributed by atoms with Crippen LogP contribution in [0.3, 0.4) is 0 Å². The zero-order valence-corrected chi connectivity index (χ0v) is 17.1. The van der Waals surface area contributed by atoms with Crippen molar-refractivity contribution >= 4 is 5.97 Å². The van der Waals surface area contributed by atoms with Gasteiger partial charge in [-0.1, -0.05) is 44.4 Å².